The van der Waals surface area contributed by atoms with Gasteiger partial charge in [-0.2, -0.15) is 0 Å². The number of rotatable bonds is 2. The Morgan fingerprint density at radius 3 is 2.33 bits per heavy atom. The molecule has 1 heterocycles. The van der Waals surface area contributed by atoms with Gasteiger partial charge in [-0.25, -0.2) is 17.3 Å². The van der Waals surface area contributed by atoms with E-state index in [4.69, 9.17) is 0 Å². The number of nitrogens with zero attached hydrogens (tertiary/aromatic N) is 1. The Kier molecular flexibility index (Phi) is 3.14. The van der Waals surface area contributed by atoms with Gasteiger partial charge in [-0.05, 0) is 0 Å². The highest BCUT2D eigenvalue weighted by Gasteiger charge is 2.35. The Balaban J connectivity index is 2.41. The third kappa shape index (κ3) is 2.46. The summed E-state index contributed by atoms with van der Waals surface area (Å²) in [5.74, 6) is -2.59. The standard InChI is InChI=1S/C6H11F2NO2S/c1-11-12(10)9-4-2-6(7,8)3-5-9/h2-5H2,1H3. The van der Waals surface area contributed by atoms with Crippen molar-refractivity contribution >= 4 is 11.3 Å². The summed E-state index contributed by atoms with van der Waals surface area (Å²) in [6.07, 6.45) is -0.468. The van der Waals surface area contributed by atoms with Gasteiger partial charge < -0.3 is 0 Å². The minimum atomic E-state index is -2.59. The van der Waals surface area contributed by atoms with Gasteiger partial charge in [-0.1, -0.05) is 0 Å². The van der Waals surface area contributed by atoms with Gasteiger partial charge in [0.2, 0.25) is 11.3 Å². The lowest BCUT2D eigenvalue weighted by molar-refractivity contribution is -0.0415. The number of alkyl halides is 2. The normalized spacial score (nSPS) is 26.9. The Morgan fingerprint density at radius 1 is 1.42 bits per heavy atom. The highest BCUT2D eigenvalue weighted by molar-refractivity contribution is 7.77. The van der Waals surface area contributed by atoms with E-state index in [0.717, 1.165) is 0 Å². The van der Waals surface area contributed by atoms with Crippen LogP contribution in [-0.4, -0.2) is 34.6 Å². The first-order valence-corrected chi connectivity index (χ1v) is 4.67. The molecule has 6 heteroatoms. The highest BCUT2D eigenvalue weighted by Crippen LogP contribution is 2.28. The van der Waals surface area contributed by atoms with E-state index in [1.54, 1.807) is 0 Å². The molecule has 0 aliphatic carbocycles. The van der Waals surface area contributed by atoms with Gasteiger partial charge in [0, 0.05) is 25.9 Å². The Bertz CT molecular complexity index is 178. The summed E-state index contributed by atoms with van der Waals surface area (Å²) in [6, 6.07) is 0. The van der Waals surface area contributed by atoms with E-state index in [0.29, 0.717) is 0 Å². The SMILES string of the molecule is COS(=O)N1CCC(F)(F)CC1. The molecule has 0 saturated carbocycles. The summed E-state index contributed by atoms with van der Waals surface area (Å²) in [6.45, 7) is 0.265. The fourth-order valence-electron chi connectivity index (χ4n) is 1.07. The van der Waals surface area contributed by atoms with Gasteiger partial charge in [-0.15, -0.1) is 0 Å². The predicted molar refractivity (Wildman–Crippen MR) is 40.9 cm³/mol. The van der Waals surface area contributed by atoms with Crippen LogP contribution < -0.4 is 0 Å². The van der Waals surface area contributed by atoms with E-state index >= 15 is 0 Å². The fraction of sp³-hybridized carbons (Fsp3) is 1.00. The molecule has 0 aromatic heterocycles. The van der Waals surface area contributed by atoms with Crippen molar-refractivity contribution < 1.29 is 17.2 Å². The summed E-state index contributed by atoms with van der Waals surface area (Å²) in [5.41, 5.74) is 0. The quantitative estimate of drug-likeness (QED) is 0.662. The van der Waals surface area contributed by atoms with Crippen LogP contribution in [0.5, 0.6) is 0 Å². The molecular formula is C6H11F2NO2S. The van der Waals surface area contributed by atoms with Crippen molar-refractivity contribution in [2.24, 2.45) is 0 Å². The first kappa shape index (κ1) is 10.0. The van der Waals surface area contributed by atoms with Crippen LogP contribution in [0.1, 0.15) is 12.8 Å². The number of halogens is 2. The van der Waals surface area contributed by atoms with Gasteiger partial charge in [0.25, 0.3) is 5.92 Å². The largest absolute Gasteiger partial charge is 0.281 e. The lowest BCUT2D eigenvalue weighted by Gasteiger charge is -2.29. The van der Waals surface area contributed by atoms with Gasteiger partial charge >= 0.3 is 0 Å². The van der Waals surface area contributed by atoms with Gasteiger partial charge in [0.15, 0.2) is 0 Å². The maximum Gasteiger partial charge on any atom is 0.250 e. The molecule has 1 fully saturated rings. The van der Waals surface area contributed by atoms with Crippen LogP contribution in [0, 0.1) is 0 Å². The predicted octanol–water partition coefficient (Wildman–Crippen LogP) is 0.943. The van der Waals surface area contributed by atoms with Crippen molar-refractivity contribution in [1.82, 2.24) is 4.31 Å². The summed E-state index contributed by atoms with van der Waals surface area (Å²) in [4.78, 5) is 0. The summed E-state index contributed by atoms with van der Waals surface area (Å²) in [7, 11) is 1.29. The second kappa shape index (κ2) is 3.76. The molecule has 72 valence electrons. The zero-order valence-electron chi connectivity index (χ0n) is 6.76. The zero-order valence-corrected chi connectivity index (χ0v) is 7.57. The molecule has 12 heavy (non-hydrogen) atoms. The number of piperidine rings is 1. The molecule has 0 bridgehead atoms. The van der Waals surface area contributed by atoms with E-state index in [2.05, 4.69) is 4.18 Å². The summed E-state index contributed by atoms with van der Waals surface area (Å²) >= 11 is -1.55. The lowest BCUT2D eigenvalue weighted by atomic mass is 10.1. The monoisotopic (exact) mass is 199 g/mol. The Hall–Kier alpha value is -0.0700. The van der Waals surface area contributed by atoms with Gasteiger partial charge in [0.05, 0.1) is 7.11 Å². The molecule has 1 atom stereocenters. The molecule has 1 aliphatic rings. The average molecular weight is 199 g/mol. The second-order valence-electron chi connectivity index (χ2n) is 2.67. The van der Waals surface area contributed by atoms with Crippen molar-refractivity contribution in [3.05, 3.63) is 0 Å². The van der Waals surface area contributed by atoms with Crippen molar-refractivity contribution in [2.45, 2.75) is 18.8 Å². The molecule has 1 saturated heterocycles. The average Bonchev–Trinajstić information content (AvgIpc) is 2.03. The molecule has 0 aromatic carbocycles. The van der Waals surface area contributed by atoms with Crippen molar-refractivity contribution in [2.75, 3.05) is 20.2 Å². The van der Waals surface area contributed by atoms with Crippen LogP contribution in [-0.2, 0) is 15.4 Å². The minimum Gasteiger partial charge on any atom is -0.281 e. The third-order valence-electron chi connectivity index (χ3n) is 1.81. The molecule has 0 radical (unpaired) electrons. The smallest absolute Gasteiger partial charge is 0.250 e. The Morgan fingerprint density at radius 2 is 1.92 bits per heavy atom. The van der Waals surface area contributed by atoms with E-state index < -0.39 is 17.2 Å². The van der Waals surface area contributed by atoms with Crippen LogP contribution in [0.15, 0.2) is 0 Å². The van der Waals surface area contributed by atoms with Crippen LogP contribution in [0.3, 0.4) is 0 Å². The number of hydrogen-bond acceptors (Lipinski definition) is 2. The summed E-state index contributed by atoms with van der Waals surface area (Å²) < 4.78 is 42.0. The molecule has 1 unspecified atom stereocenters. The first-order valence-electron chi connectivity index (χ1n) is 3.64. The number of hydrogen-bond donors (Lipinski definition) is 0. The summed E-state index contributed by atoms with van der Waals surface area (Å²) in [5, 5.41) is 0. The fourth-order valence-corrected chi connectivity index (χ4v) is 1.76. The van der Waals surface area contributed by atoms with Crippen molar-refractivity contribution in [3.63, 3.8) is 0 Å². The van der Waals surface area contributed by atoms with Crippen molar-refractivity contribution in [3.8, 4) is 0 Å². The highest BCUT2D eigenvalue weighted by atomic mass is 32.2. The van der Waals surface area contributed by atoms with Gasteiger partial charge in [0.1, 0.15) is 0 Å². The second-order valence-corrected chi connectivity index (χ2v) is 3.95. The van der Waals surface area contributed by atoms with Crippen LogP contribution in [0.25, 0.3) is 0 Å². The molecule has 0 aromatic rings. The minimum absolute atomic E-state index is 0.132. The zero-order chi connectivity index (χ0) is 9.19. The van der Waals surface area contributed by atoms with Crippen LogP contribution >= 0.6 is 0 Å². The first-order chi connectivity index (χ1) is 5.55. The molecule has 3 nitrogen and oxygen atoms in total. The topological polar surface area (TPSA) is 29.5 Å². The lowest BCUT2D eigenvalue weighted by Crippen LogP contribution is -2.40. The molecule has 0 amide bonds. The van der Waals surface area contributed by atoms with E-state index in [9.17, 15) is 13.0 Å². The maximum absolute atomic E-state index is 12.6. The Labute approximate surface area is 72.5 Å². The van der Waals surface area contributed by atoms with E-state index in [1.807, 2.05) is 0 Å². The van der Waals surface area contributed by atoms with E-state index in [-0.39, 0.29) is 25.9 Å². The molecule has 1 rings (SSSR count). The molecule has 0 N–H and O–H groups in total. The van der Waals surface area contributed by atoms with Crippen LogP contribution in [0.4, 0.5) is 8.78 Å². The molecular weight excluding hydrogens is 188 g/mol. The van der Waals surface area contributed by atoms with Gasteiger partial charge in [-0.3, -0.25) is 4.18 Å². The molecule has 1 aliphatic heterocycles. The van der Waals surface area contributed by atoms with Crippen molar-refractivity contribution in [1.29, 1.82) is 0 Å². The van der Waals surface area contributed by atoms with Crippen LogP contribution in [0.2, 0.25) is 0 Å². The van der Waals surface area contributed by atoms with E-state index in [1.165, 1.54) is 11.4 Å². The third-order valence-corrected chi connectivity index (χ3v) is 2.88. The molecule has 0 spiro atoms. The maximum atomic E-state index is 12.6.